The van der Waals surface area contributed by atoms with E-state index in [-0.39, 0.29) is 17.3 Å². The van der Waals surface area contributed by atoms with Crippen LogP contribution in [0.2, 0.25) is 0 Å². The molecule has 0 aromatic heterocycles. The van der Waals surface area contributed by atoms with E-state index in [1.807, 2.05) is 0 Å². The molecule has 0 bridgehead atoms. The van der Waals surface area contributed by atoms with Crippen molar-refractivity contribution < 1.29 is 9.72 Å². The van der Waals surface area contributed by atoms with E-state index >= 15 is 0 Å². The van der Waals surface area contributed by atoms with Gasteiger partial charge in [-0.05, 0) is 18.2 Å². The third-order valence-corrected chi connectivity index (χ3v) is 2.93. The van der Waals surface area contributed by atoms with Crippen molar-refractivity contribution in [2.24, 2.45) is 0 Å². The number of nitro groups is 1. The summed E-state index contributed by atoms with van der Waals surface area (Å²) in [6.07, 6.45) is 0. The van der Waals surface area contributed by atoms with Crippen molar-refractivity contribution >= 4 is 34.6 Å². The van der Waals surface area contributed by atoms with Gasteiger partial charge in [0.25, 0.3) is 5.69 Å². The van der Waals surface area contributed by atoms with Gasteiger partial charge in [0, 0.05) is 11.8 Å². The van der Waals surface area contributed by atoms with Gasteiger partial charge in [-0.15, -0.1) is 11.6 Å². The van der Waals surface area contributed by atoms with Gasteiger partial charge in [0.05, 0.1) is 4.92 Å². The third-order valence-electron chi connectivity index (χ3n) is 2.70. The number of hydrogen-bond acceptors (Lipinski definition) is 3. The van der Waals surface area contributed by atoms with Crippen LogP contribution >= 0.6 is 11.6 Å². The Bertz CT molecular complexity index is 631. The van der Waals surface area contributed by atoms with Crippen LogP contribution in [0.1, 0.15) is 0 Å². The zero-order chi connectivity index (χ0) is 14.5. The summed E-state index contributed by atoms with van der Waals surface area (Å²) in [4.78, 5) is 23.9. The van der Waals surface area contributed by atoms with Crippen molar-refractivity contribution in [2.45, 2.75) is 0 Å². The Labute approximate surface area is 120 Å². The molecule has 2 aromatic carbocycles. The van der Waals surface area contributed by atoms with E-state index in [1.165, 1.54) is 17.0 Å². The van der Waals surface area contributed by atoms with E-state index in [9.17, 15) is 14.9 Å². The van der Waals surface area contributed by atoms with Crippen LogP contribution in [-0.2, 0) is 4.79 Å². The van der Waals surface area contributed by atoms with E-state index < -0.39 is 10.8 Å². The smallest absolute Gasteiger partial charge is 0.273 e. The third kappa shape index (κ3) is 2.78. The lowest BCUT2D eigenvalue weighted by Gasteiger charge is -2.21. The summed E-state index contributed by atoms with van der Waals surface area (Å²) in [5.41, 5.74) is 0.594. The summed E-state index contributed by atoms with van der Waals surface area (Å²) in [6, 6.07) is 14.8. The number of halogens is 1. The van der Waals surface area contributed by atoms with Crippen LogP contribution in [0.15, 0.2) is 54.6 Å². The topological polar surface area (TPSA) is 63.5 Å². The van der Waals surface area contributed by atoms with Gasteiger partial charge in [-0.1, -0.05) is 30.3 Å². The molecule has 0 aliphatic heterocycles. The molecule has 2 aromatic rings. The molecular formula is C14H11ClN2O3. The summed E-state index contributed by atoms with van der Waals surface area (Å²) in [5, 5.41) is 11.1. The number of rotatable bonds is 4. The van der Waals surface area contributed by atoms with E-state index in [1.54, 1.807) is 42.5 Å². The van der Waals surface area contributed by atoms with Crippen LogP contribution in [0.4, 0.5) is 17.1 Å². The first-order valence-electron chi connectivity index (χ1n) is 5.82. The molecular weight excluding hydrogens is 280 g/mol. The maximum atomic E-state index is 12.1. The predicted octanol–water partition coefficient (Wildman–Crippen LogP) is 3.50. The van der Waals surface area contributed by atoms with Crippen LogP contribution in [0.25, 0.3) is 0 Å². The average molecular weight is 291 g/mol. The highest BCUT2D eigenvalue weighted by Crippen LogP contribution is 2.33. The number of carbonyl (C=O) groups excluding carboxylic acids is 1. The molecule has 0 aliphatic rings. The number of nitro benzene ring substituents is 1. The molecule has 0 N–H and O–H groups in total. The largest absolute Gasteiger partial charge is 0.293 e. The van der Waals surface area contributed by atoms with Gasteiger partial charge in [0.2, 0.25) is 5.91 Å². The minimum Gasteiger partial charge on any atom is -0.273 e. The normalized spacial score (nSPS) is 10.1. The van der Waals surface area contributed by atoms with Gasteiger partial charge in [0.1, 0.15) is 11.6 Å². The first-order chi connectivity index (χ1) is 9.65. The second-order valence-electron chi connectivity index (χ2n) is 3.94. The molecule has 1 amide bonds. The van der Waals surface area contributed by atoms with Gasteiger partial charge in [-0.3, -0.25) is 19.8 Å². The fourth-order valence-electron chi connectivity index (χ4n) is 1.86. The number of amides is 1. The Morgan fingerprint density at radius 2 is 1.70 bits per heavy atom. The standard InChI is InChI=1S/C14H11ClN2O3/c15-10-14(18)16(11-6-2-1-3-7-11)12-8-4-5-9-13(12)17(19)20/h1-9H,10H2. The second kappa shape index (κ2) is 6.16. The Kier molecular flexibility index (Phi) is 4.32. The zero-order valence-corrected chi connectivity index (χ0v) is 11.2. The Morgan fingerprint density at radius 3 is 2.30 bits per heavy atom. The van der Waals surface area contributed by atoms with Gasteiger partial charge >= 0.3 is 0 Å². The fraction of sp³-hybridized carbons (Fsp3) is 0.0714. The molecule has 0 aliphatic carbocycles. The number of para-hydroxylation sites is 3. The number of anilines is 2. The van der Waals surface area contributed by atoms with Crippen LogP contribution in [-0.4, -0.2) is 16.7 Å². The molecule has 0 fully saturated rings. The summed E-state index contributed by atoms with van der Waals surface area (Å²) in [6.45, 7) is 0. The molecule has 0 unspecified atom stereocenters. The molecule has 0 saturated heterocycles. The van der Waals surface area contributed by atoms with Crippen LogP contribution in [0.5, 0.6) is 0 Å². The van der Waals surface area contributed by atoms with E-state index in [2.05, 4.69) is 0 Å². The number of benzene rings is 2. The highest BCUT2D eigenvalue weighted by atomic mass is 35.5. The Balaban J connectivity index is 2.59. The van der Waals surface area contributed by atoms with Crippen molar-refractivity contribution in [1.82, 2.24) is 0 Å². The Hall–Kier alpha value is -2.40. The van der Waals surface area contributed by atoms with E-state index in [0.717, 1.165) is 0 Å². The predicted molar refractivity (Wildman–Crippen MR) is 77.4 cm³/mol. The fourth-order valence-corrected chi connectivity index (χ4v) is 1.98. The van der Waals surface area contributed by atoms with Gasteiger partial charge < -0.3 is 0 Å². The highest BCUT2D eigenvalue weighted by molar-refractivity contribution is 6.30. The highest BCUT2D eigenvalue weighted by Gasteiger charge is 2.24. The van der Waals surface area contributed by atoms with Crippen molar-refractivity contribution in [1.29, 1.82) is 0 Å². The molecule has 0 saturated carbocycles. The number of alkyl halides is 1. The molecule has 6 heteroatoms. The lowest BCUT2D eigenvalue weighted by Crippen LogP contribution is -2.27. The van der Waals surface area contributed by atoms with Crippen molar-refractivity contribution in [3.63, 3.8) is 0 Å². The molecule has 0 atom stereocenters. The lowest BCUT2D eigenvalue weighted by molar-refractivity contribution is -0.384. The van der Waals surface area contributed by atoms with E-state index in [0.29, 0.717) is 5.69 Å². The molecule has 0 radical (unpaired) electrons. The zero-order valence-electron chi connectivity index (χ0n) is 10.4. The maximum Gasteiger partial charge on any atom is 0.293 e. The minimum absolute atomic E-state index is 0.144. The van der Waals surface area contributed by atoms with Crippen molar-refractivity contribution in [3.8, 4) is 0 Å². The average Bonchev–Trinajstić information content (AvgIpc) is 2.48. The number of nitrogens with zero attached hydrogens (tertiary/aromatic N) is 2. The summed E-state index contributed by atoms with van der Waals surface area (Å²) >= 11 is 5.62. The number of carbonyl (C=O) groups is 1. The summed E-state index contributed by atoms with van der Waals surface area (Å²) in [7, 11) is 0. The molecule has 102 valence electrons. The van der Waals surface area contributed by atoms with Gasteiger partial charge in [0.15, 0.2) is 0 Å². The molecule has 0 heterocycles. The van der Waals surface area contributed by atoms with Crippen LogP contribution in [0, 0.1) is 10.1 Å². The first kappa shape index (κ1) is 14.0. The lowest BCUT2D eigenvalue weighted by atomic mass is 10.2. The number of hydrogen-bond donors (Lipinski definition) is 0. The molecule has 0 spiro atoms. The quantitative estimate of drug-likeness (QED) is 0.492. The van der Waals surface area contributed by atoms with Crippen molar-refractivity contribution in [2.75, 3.05) is 10.8 Å². The minimum atomic E-state index is -0.521. The SMILES string of the molecule is O=C(CCl)N(c1ccccc1)c1ccccc1[N+](=O)[O-]. The van der Waals surface area contributed by atoms with Gasteiger partial charge in [-0.25, -0.2) is 0 Å². The molecule has 20 heavy (non-hydrogen) atoms. The van der Waals surface area contributed by atoms with E-state index in [4.69, 9.17) is 11.6 Å². The molecule has 2 rings (SSSR count). The summed E-state index contributed by atoms with van der Waals surface area (Å²) < 4.78 is 0. The molecule has 5 nitrogen and oxygen atoms in total. The second-order valence-corrected chi connectivity index (χ2v) is 4.21. The maximum absolute atomic E-state index is 12.1. The van der Waals surface area contributed by atoms with Gasteiger partial charge in [-0.2, -0.15) is 0 Å². The van der Waals surface area contributed by atoms with Crippen molar-refractivity contribution in [3.05, 3.63) is 64.7 Å². The first-order valence-corrected chi connectivity index (χ1v) is 6.36. The monoisotopic (exact) mass is 290 g/mol. The van der Waals surface area contributed by atoms with Crippen LogP contribution in [0.3, 0.4) is 0 Å². The Morgan fingerprint density at radius 1 is 1.10 bits per heavy atom. The summed E-state index contributed by atoms with van der Waals surface area (Å²) in [5.74, 6) is -0.687. The van der Waals surface area contributed by atoms with Crippen LogP contribution < -0.4 is 4.90 Å².